The minimum atomic E-state index is -2.98. The minimum absolute atomic E-state index is 0.0227. The first-order valence-corrected chi connectivity index (χ1v) is 15.7. The molecule has 10 nitrogen and oxygen atoms in total. The van der Waals surface area contributed by atoms with Crippen LogP contribution < -0.4 is 10.1 Å². The van der Waals surface area contributed by atoms with Crippen molar-refractivity contribution in [1.29, 1.82) is 0 Å². The Bertz CT molecular complexity index is 1600. The zero-order chi connectivity index (χ0) is 28.8. The molecule has 216 valence electrons. The van der Waals surface area contributed by atoms with Crippen LogP contribution in [0.1, 0.15) is 35.2 Å². The lowest BCUT2D eigenvalue weighted by Crippen LogP contribution is -2.37. The fraction of sp³-hybridized carbons (Fsp3) is 0.345. The van der Waals surface area contributed by atoms with Gasteiger partial charge in [0.25, 0.3) is 0 Å². The second-order valence-corrected chi connectivity index (χ2v) is 12.6. The standard InChI is InChI=1S/C29H31ClN4O6S/c1-41(36,37)13-5-12-38-17-22-9-8-19(16-39-22)34-29-26-24(15-31-28(26)32-18-33-29)27(35)23-11-10-21(14-25(23)30)40-20-6-3-2-4-7-20/h2-4,6-7,10-11,14-15,18-19,22H,5,8-9,12-13,16-17H2,1H3,(H2,31,32,33,34)/t19-,22+/m1/s1. The summed E-state index contributed by atoms with van der Waals surface area (Å²) in [5, 5.41) is 4.26. The van der Waals surface area contributed by atoms with Crippen molar-refractivity contribution >= 4 is 44.1 Å². The molecular formula is C29H31ClN4O6S. The molecule has 41 heavy (non-hydrogen) atoms. The highest BCUT2D eigenvalue weighted by Gasteiger charge is 2.25. The second-order valence-electron chi connectivity index (χ2n) is 9.97. The second kappa shape index (κ2) is 13.0. The predicted molar refractivity (Wildman–Crippen MR) is 157 cm³/mol. The Labute approximate surface area is 243 Å². The van der Waals surface area contributed by atoms with Crippen LogP contribution in [0.2, 0.25) is 5.02 Å². The maximum Gasteiger partial charge on any atom is 0.196 e. The number of ether oxygens (including phenoxy) is 3. The van der Waals surface area contributed by atoms with E-state index in [1.165, 1.54) is 12.6 Å². The van der Waals surface area contributed by atoms with E-state index in [2.05, 4.69) is 20.3 Å². The summed E-state index contributed by atoms with van der Waals surface area (Å²) in [7, 11) is -2.98. The molecule has 0 radical (unpaired) electrons. The van der Waals surface area contributed by atoms with Gasteiger partial charge < -0.3 is 24.5 Å². The average molecular weight is 599 g/mol. The van der Waals surface area contributed by atoms with Crippen LogP contribution in [0.5, 0.6) is 11.5 Å². The van der Waals surface area contributed by atoms with Gasteiger partial charge in [-0.05, 0) is 43.5 Å². The summed E-state index contributed by atoms with van der Waals surface area (Å²) >= 11 is 6.53. The number of carbonyl (C=O) groups excluding carboxylic acids is 1. The number of ketones is 1. The van der Waals surface area contributed by atoms with Gasteiger partial charge in [-0.15, -0.1) is 0 Å². The molecule has 4 aromatic rings. The number of para-hydroxylation sites is 1. The Morgan fingerprint density at radius 1 is 1.12 bits per heavy atom. The van der Waals surface area contributed by atoms with E-state index < -0.39 is 9.84 Å². The van der Waals surface area contributed by atoms with Crippen LogP contribution >= 0.6 is 11.6 Å². The lowest BCUT2D eigenvalue weighted by Gasteiger charge is -2.30. The highest BCUT2D eigenvalue weighted by molar-refractivity contribution is 7.90. The summed E-state index contributed by atoms with van der Waals surface area (Å²) in [6.07, 6.45) is 6.26. The van der Waals surface area contributed by atoms with Gasteiger partial charge in [0, 0.05) is 30.7 Å². The van der Waals surface area contributed by atoms with Crippen molar-refractivity contribution in [3.8, 4) is 11.5 Å². The Morgan fingerprint density at radius 3 is 2.68 bits per heavy atom. The van der Waals surface area contributed by atoms with E-state index in [1.54, 1.807) is 24.4 Å². The van der Waals surface area contributed by atoms with Crippen LogP contribution in [-0.2, 0) is 19.3 Å². The van der Waals surface area contributed by atoms with Crippen molar-refractivity contribution in [2.24, 2.45) is 0 Å². The molecule has 1 aliphatic rings. The van der Waals surface area contributed by atoms with Crippen LogP contribution in [0, 0.1) is 0 Å². The Kier molecular flexibility index (Phi) is 9.19. The highest BCUT2D eigenvalue weighted by Crippen LogP contribution is 2.32. The van der Waals surface area contributed by atoms with Crippen LogP contribution in [0.4, 0.5) is 5.82 Å². The fourth-order valence-corrected chi connectivity index (χ4v) is 5.55. The predicted octanol–water partition coefficient (Wildman–Crippen LogP) is 5.05. The zero-order valence-corrected chi connectivity index (χ0v) is 24.1. The van der Waals surface area contributed by atoms with E-state index in [0.717, 1.165) is 12.8 Å². The molecule has 0 saturated carbocycles. The monoisotopic (exact) mass is 598 g/mol. The molecular weight excluding hydrogens is 568 g/mol. The molecule has 5 rings (SSSR count). The van der Waals surface area contributed by atoms with E-state index in [4.69, 9.17) is 25.8 Å². The molecule has 0 amide bonds. The number of hydrogen-bond acceptors (Lipinski definition) is 9. The Balaban J connectivity index is 1.22. The summed E-state index contributed by atoms with van der Waals surface area (Å²) in [6.45, 7) is 1.23. The number of nitrogens with one attached hydrogen (secondary N) is 2. The van der Waals surface area contributed by atoms with Crippen LogP contribution in [0.15, 0.2) is 61.1 Å². The lowest BCUT2D eigenvalue weighted by molar-refractivity contribution is -0.0443. The fourth-order valence-electron chi connectivity index (χ4n) is 4.65. The highest BCUT2D eigenvalue weighted by atomic mass is 35.5. The van der Waals surface area contributed by atoms with E-state index in [1.807, 2.05) is 30.3 Å². The number of hydrogen-bond donors (Lipinski definition) is 2. The number of rotatable bonds is 12. The number of aromatic nitrogens is 3. The largest absolute Gasteiger partial charge is 0.457 e. The van der Waals surface area contributed by atoms with Gasteiger partial charge in [0.2, 0.25) is 0 Å². The molecule has 0 spiro atoms. The number of aromatic amines is 1. The van der Waals surface area contributed by atoms with Crippen molar-refractivity contribution in [2.45, 2.75) is 31.4 Å². The number of halogens is 1. The van der Waals surface area contributed by atoms with Gasteiger partial charge in [-0.1, -0.05) is 29.8 Å². The number of carbonyl (C=O) groups is 1. The van der Waals surface area contributed by atoms with Gasteiger partial charge in [0.05, 0.1) is 47.1 Å². The van der Waals surface area contributed by atoms with Gasteiger partial charge in [-0.2, -0.15) is 0 Å². The summed E-state index contributed by atoms with van der Waals surface area (Å²) in [5.41, 5.74) is 1.27. The smallest absolute Gasteiger partial charge is 0.196 e. The van der Waals surface area contributed by atoms with Crippen molar-refractivity contribution in [3.63, 3.8) is 0 Å². The SMILES string of the molecule is CS(=O)(=O)CCCOC[C@@H]1CC[C@@H](Nc2ncnc3[nH]cc(C(=O)c4ccc(Oc5ccccc5)cc4Cl)c23)CO1. The molecule has 12 heteroatoms. The molecule has 1 saturated heterocycles. The van der Waals surface area contributed by atoms with Gasteiger partial charge in [-0.3, -0.25) is 4.79 Å². The third-order valence-corrected chi connectivity index (χ3v) is 8.04. The van der Waals surface area contributed by atoms with Crippen molar-refractivity contribution < 1.29 is 27.4 Å². The Hall–Kier alpha value is -3.51. The molecule has 2 N–H and O–H groups in total. The van der Waals surface area contributed by atoms with Gasteiger partial charge in [0.1, 0.15) is 39.1 Å². The number of H-pyrrole nitrogens is 1. The summed E-state index contributed by atoms with van der Waals surface area (Å²) in [4.78, 5) is 25.4. The van der Waals surface area contributed by atoms with Crippen LogP contribution in [0.25, 0.3) is 11.0 Å². The van der Waals surface area contributed by atoms with Crippen molar-refractivity contribution in [3.05, 3.63) is 77.2 Å². The van der Waals surface area contributed by atoms with Gasteiger partial charge in [0.15, 0.2) is 5.78 Å². The van der Waals surface area contributed by atoms with E-state index >= 15 is 0 Å². The average Bonchev–Trinajstić information content (AvgIpc) is 3.39. The molecule has 0 unspecified atom stereocenters. The van der Waals surface area contributed by atoms with Crippen molar-refractivity contribution in [1.82, 2.24) is 15.0 Å². The normalized spacial score (nSPS) is 17.4. The quantitative estimate of drug-likeness (QED) is 0.170. The first-order chi connectivity index (χ1) is 19.8. The van der Waals surface area contributed by atoms with E-state index in [0.29, 0.717) is 65.7 Å². The summed E-state index contributed by atoms with van der Waals surface area (Å²) in [6, 6.07) is 14.3. The van der Waals surface area contributed by atoms with E-state index in [9.17, 15) is 13.2 Å². The van der Waals surface area contributed by atoms with Crippen LogP contribution in [0.3, 0.4) is 0 Å². The number of anilines is 1. The first-order valence-electron chi connectivity index (χ1n) is 13.3. The summed E-state index contributed by atoms with van der Waals surface area (Å²) < 4.78 is 39.9. The number of benzene rings is 2. The number of sulfone groups is 1. The van der Waals surface area contributed by atoms with E-state index in [-0.39, 0.29) is 28.7 Å². The molecule has 2 atom stereocenters. The third kappa shape index (κ3) is 7.62. The minimum Gasteiger partial charge on any atom is -0.457 e. The first kappa shape index (κ1) is 29.0. The third-order valence-electron chi connectivity index (χ3n) is 6.70. The lowest BCUT2D eigenvalue weighted by atomic mass is 10.0. The topological polar surface area (TPSA) is 132 Å². The maximum atomic E-state index is 13.6. The van der Waals surface area contributed by atoms with Crippen molar-refractivity contribution in [2.75, 3.05) is 37.1 Å². The molecule has 2 aromatic heterocycles. The molecule has 0 bridgehead atoms. The molecule has 2 aromatic carbocycles. The van der Waals surface area contributed by atoms with Gasteiger partial charge in [-0.25, -0.2) is 18.4 Å². The molecule has 1 fully saturated rings. The number of fused-ring (bicyclic) bond motifs is 1. The van der Waals surface area contributed by atoms with Gasteiger partial charge >= 0.3 is 0 Å². The molecule has 3 heterocycles. The maximum absolute atomic E-state index is 13.6. The summed E-state index contributed by atoms with van der Waals surface area (Å²) in [5.74, 6) is 1.57. The zero-order valence-electron chi connectivity index (χ0n) is 22.5. The molecule has 1 aliphatic heterocycles. The van der Waals surface area contributed by atoms with Crippen LogP contribution in [-0.4, -0.2) is 73.1 Å². The number of nitrogens with zero attached hydrogens (tertiary/aromatic N) is 2. The Morgan fingerprint density at radius 2 is 1.95 bits per heavy atom. The molecule has 0 aliphatic carbocycles.